The lowest BCUT2D eigenvalue weighted by molar-refractivity contribution is 1.43. The Morgan fingerprint density at radius 1 is 2.00 bits per heavy atom. The van der Waals surface area contributed by atoms with Gasteiger partial charge < -0.3 is 0 Å². The maximum Gasteiger partial charge on any atom is 0.0902 e. The highest BCUT2D eigenvalue weighted by Gasteiger charge is 1.96. The Balaban J connectivity index is 2.59. The summed E-state index contributed by atoms with van der Waals surface area (Å²) in [5.41, 5.74) is 0. The lowest BCUT2D eigenvalue weighted by atomic mass is 10.9. The first-order valence-electron chi connectivity index (χ1n) is 1.56. The van der Waals surface area contributed by atoms with Crippen molar-refractivity contribution in [3.8, 4) is 0 Å². The highest BCUT2D eigenvalue weighted by Crippen LogP contribution is 2.07. The molecule has 0 unspecified atom stereocenters. The summed E-state index contributed by atoms with van der Waals surface area (Å²) in [6, 6.07) is 0. The molecule has 0 aromatic rings. The van der Waals surface area contributed by atoms with Crippen LogP contribution in [0.15, 0.2) is 4.99 Å². The van der Waals surface area contributed by atoms with E-state index in [1.54, 1.807) is 18.0 Å². The minimum Gasteiger partial charge on any atom is -0.280 e. The molecule has 1 aliphatic rings. The topological polar surface area (TPSA) is 12.4 Å². The Bertz CT molecular complexity index is 97.0. The molecule has 0 saturated heterocycles. The first-order chi connectivity index (χ1) is 2.89. The molecule has 0 spiro atoms. The number of aliphatic imine (C=N–C) groups is 1. The number of thiocarbonyl (C=S) groups is 1. The van der Waals surface area contributed by atoms with E-state index in [0.29, 0.717) is 0 Å². The molecule has 1 nitrogen and oxygen atoms in total. The first-order valence-corrected chi connectivity index (χ1v) is 2.95. The molecule has 1 rings (SSSR count). The van der Waals surface area contributed by atoms with Crippen LogP contribution in [-0.4, -0.2) is 16.3 Å². The van der Waals surface area contributed by atoms with Crippen molar-refractivity contribution in [1.82, 2.24) is 0 Å². The van der Waals surface area contributed by atoms with Gasteiger partial charge in [-0.05, 0) is 0 Å². The Morgan fingerprint density at radius 3 is 3.00 bits per heavy atom. The first kappa shape index (κ1) is 4.27. The number of thioether (sulfide) groups is 1. The standard InChI is InChI=1S/C3H3NS2/c5-3-1-4-2-6-3/h1H,2H2. The van der Waals surface area contributed by atoms with Gasteiger partial charge in [0, 0.05) is 6.21 Å². The summed E-state index contributed by atoms with van der Waals surface area (Å²) >= 11 is 6.34. The van der Waals surface area contributed by atoms with Gasteiger partial charge in [0.1, 0.15) is 0 Å². The third-order valence-corrected chi connectivity index (χ3v) is 1.61. The molecular weight excluding hydrogens is 114 g/mol. The second-order valence-electron chi connectivity index (χ2n) is 0.904. The maximum atomic E-state index is 4.73. The predicted molar refractivity (Wildman–Crippen MR) is 33.5 cm³/mol. The van der Waals surface area contributed by atoms with Gasteiger partial charge in [-0.2, -0.15) is 0 Å². The number of hydrogen-bond acceptors (Lipinski definition) is 3. The molecule has 0 N–H and O–H groups in total. The molecule has 1 heterocycles. The van der Waals surface area contributed by atoms with Gasteiger partial charge in [-0.15, -0.1) is 0 Å². The summed E-state index contributed by atoms with van der Waals surface area (Å²) in [4.78, 5) is 3.86. The molecule has 0 saturated carbocycles. The molecular formula is C3H3NS2. The van der Waals surface area contributed by atoms with E-state index in [9.17, 15) is 0 Å². The van der Waals surface area contributed by atoms with E-state index in [1.165, 1.54) is 0 Å². The normalized spacial score (nSPS) is 19.7. The summed E-state index contributed by atoms with van der Waals surface area (Å²) < 4.78 is 0.912. The zero-order valence-electron chi connectivity index (χ0n) is 3.05. The average Bonchev–Trinajstić information content (AvgIpc) is 1.86. The monoisotopic (exact) mass is 117 g/mol. The molecule has 0 radical (unpaired) electrons. The molecule has 6 heavy (non-hydrogen) atoms. The Morgan fingerprint density at radius 2 is 2.83 bits per heavy atom. The van der Waals surface area contributed by atoms with Crippen LogP contribution < -0.4 is 0 Å². The third kappa shape index (κ3) is 0.786. The fourth-order valence-electron chi connectivity index (χ4n) is 0.250. The minimum atomic E-state index is 0.832. The van der Waals surface area contributed by atoms with E-state index < -0.39 is 0 Å². The van der Waals surface area contributed by atoms with Crippen LogP contribution in [0.4, 0.5) is 0 Å². The zero-order valence-corrected chi connectivity index (χ0v) is 4.68. The van der Waals surface area contributed by atoms with Crippen LogP contribution >= 0.6 is 24.0 Å². The van der Waals surface area contributed by atoms with Gasteiger partial charge in [-0.3, -0.25) is 4.99 Å². The smallest absolute Gasteiger partial charge is 0.0902 e. The summed E-state index contributed by atoms with van der Waals surface area (Å²) in [6.45, 7) is 0. The van der Waals surface area contributed by atoms with Crippen molar-refractivity contribution in [3.63, 3.8) is 0 Å². The highest BCUT2D eigenvalue weighted by atomic mass is 32.2. The van der Waals surface area contributed by atoms with E-state index in [0.717, 1.165) is 10.1 Å². The van der Waals surface area contributed by atoms with Crippen LogP contribution in [0, 0.1) is 0 Å². The SMILES string of the molecule is S=C1C=NCS1. The van der Waals surface area contributed by atoms with Crippen molar-refractivity contribution in [1.29, 1.82) is 0 Å². The lowest BCUT2D eigenvalue weighted by Gasteiger charge is -1.73. The predicted octanol–water partition coefficient (Wildman–Crippen LogP) is 1.09. The van der Waals surface area contributed by atoms with E-state index in [2.05, 4.69) is 4.99 Å². The summed E-state index contributed by atoms with van der Waals surface area (Å²) in [5, 5.41) is 0. The number of hydrogen-bond donors (Lipinski definition) is 0. The molecule has 0 aromatic heterocycles. The van der Waals surface area contributed by atoms with E-state index in [4.69, 9.17) is 12.2 Å². The second kappa shape index (κ2) is 1.71. The van der Waals surface area contributed by atoms with Crippen molar-refractivity contribution < 1.29 is 0 Å². The Labute approximate surface area is 45.8 Å². The van der Waals surface area contributed by atoms with Crippen molar-refractivity contribution in [2.45, 2.75) is 0 Å². The minimum absolute atomic E-state index is 0.832. The summed E-state index contributed by atoms with van der Waals surface area (Å²) in [6.07, 6.45) is 1.72. The zero-order chi connectivity index (χ0) is 4.41. The van der Waals surface area contributed by atoms with Crippen LogP contribution in [0.3, 0.4) is 0 Å². The fourth-order valence-corrected chi connectivity index (χ4v) is 0.908. The lowest BCUT2D eigenvalue weighted by Crippen LogP contribution is -1.75. The van der Waals surface area contributed by atoms with Gasteiger partial charge in [0.15, 0.2) is 0 Å². The average molecular weight is 117 g/mol. The van der Waals surface area contributed by atoms with Gasteiger partial charge in [0.2, 0.25) is 0 Å². The largest absolute Gasteiger partial charge is 0.280 e. The maximum absolute atomic E-state index is 4.73. The van der Waals surface area contributed by atoms with Crippen LogP contribution in [0.1, 0.15) is 0 Å². The fraction of sp³-hybridized carbons (Fsp3) is 0.333. The number of nitrogens with zero attached hydrogens (tertiary/aromatic N) is 1. The Kier molecular flexibility index (Phi) is 1.22. The van der Waals surface area contributed by atoms with Crippen molar-refractivity contribution >= 4 is 34.4 Å². The van der Waals surface area contributed by atoms with Crippen LogP contribution in [0.2, 0.25) is 0 Å². The summed E-state index contributed by atoms with van der Waals surface area (Å²) in [7, 11) is 0. The quantitative estimate of drug-likeness (QED) is 0.440. The van der Waals surface area contributed by atoms with Gasteiger partial charge in [-0.25, -0.2) is 0 Å². The molecule has 0 amide bonds. The molecule has 0 fully saturated rings. The van der Waals surface area contributed by atoms with Gasteiger partial charge >= 0.3 is 0 Å². The Hall–Kier alpha value is 0.110. The van der Waals surface area contributed by atoms with Crippen LogP contribution in [0.25, 0.3) is 0 Å². The van der Waals surface area contributed by atoms with E-state index in [-0.39, 0.29) is 0 Å². The molecule has 0 aromatic carbocycles. The van der Waals surface area contributed by atoms with Crippen molar-refractivity contribution in [2.75, 3.05) is 5.88 Å². The third-order valence-electron chi connectivity index (χ3n) is 0.478. The van der Waals surface area contributed by atoms with E-state index in [1.807, 2.05) is 0 Å². The summed E-state index contributed by atoms with van der Waals surface area (Å²) in [5.74, 6) is 0.832. The highest BCUT2D eigenvalue weighted by molar-refractivity contribution is 8.25. The molecule has 32 valence electrons. The molecule has 0 bridgehead atoms. The van der Waals surface area contributed by atoms with Gasteiger partial charge in [0.25, 0.3) is 0 Å². The van der Waals surface area contributed by atoms with Crippen molar-refractivity contribution in [2.24, 2.45) is 4.99 Å². The van der Waals surface area contributed by atoms with Gasteiger partial charge in [0.05, 0.1) is 10.1 Å². The van der Waals surface area contributed by atoms with Crippen LogP contribution in [0.5, 0.6) is 0 Å². The van der Waals surface area contributed by atoms with Crippen molar-refractivity contribution in [3.05, 3.63) is 0 Å². The van der Waals surface area contributed by atoms with Crippen LogP contribution in [-0.2, 0) is 0 Å². The van der Waals surface area contributed by atoms with Gasteiger partial charge in [-0.1, -0.05) is 24.0 Å². The van der Waals surface area contributed by atoms with E-state index >= 15 is 0 Å². The molecule has 1 aliphatic heterocycles. The number of rotatable bonds is 0. The second-order valence-corrected chi connectivity index (χ2v) is 2.59. The molecule has 0 atom stereocenters. The molecule has 0 aliphatic carbocycles. The molecule has 3 heteroatoms.